The van der Waals surface area contributed by atoms with Gasteiger partial charge in [0.25, 0.3) is 0 Å². The molecule has 2 bridgehead atoms. The molecule has 0 radical (unpaired) electrons. The van der Waals surface area contributed by atoms with Crippen LogP contribution in [0.2, 0.25) is 0 Å². The molecule has 1 saturated carbocycles. The van der Waals surface area contributed by atoms with Crippen molar-refractivity contribution in [2.45, 2.75) is 38.1 Å². The number of alkyl halides is 3. The Labute approximate surface area is 153 Å². The molecule has 4 rings (SSSR count). The number of piperidine rings is 1. The van der Waals surface area contributed by atoms with Gasteiger partial charge in [0.1, 0.15) is 0 Å². The predicted molar refractivity (Wildman–Crippen MR) is 90.9 cm³/mol. The molecule has 1 aliphatic heterocycles. The number of aromatic nitrogens is 3. The standard InChI is InChI=1S/C17H19F3N6O/c1-10(17(18,19)20)27-13-4-3-7-26-15(13)23-16(24-26)22-14-11-5-6-12(14)9-25(8-11)21-2/h3-4,7,10-12,14H,5-6,8-9H2,1H3,(H,22,24)/t10?,11-,12+,14?. The van der Waals surface area contributed by atoms with E-state index in [9.17, 15) is 13.2 Å². The second-order valence-corrected chi connectivity index (χ2v) is 7.12. The fourth-order valence-corrected chi connectivity index (χ4v) is 3.96. The molecule has 10 heteroatoms. The molecule has 27 heavy (non-hydrogen) atoms. The third-order valence-corrected chi connectivity index (χ3v) is 5.34. The summed E-state index contributed by atoms with van der Waals surface area (Å²) in [5, 5.41) is 9.44. The number of hydrogen-bond acceptors (Lipinski definition) is 5. The van der Waals surface area contributed by atoms with Crippen molar-refractivity contribution in [3.05, 3.63) is 29.9 Å². The van der Waals surface area contributed by atoms with Crippen LogP contribution in [0.15, 0.2) is 18.3 Å². The minimum atomic E-state index is -4.45. The molecule has 0 amide bonds. The van der Waals surface area contributed by atoms with E-state index >= 15 is 0 Å². The highest BCUT2D eigenvalue weighted by Crippen LogP contribution is 2.38. The Morgan fingerprint density at radius 2 is 2.04 bits per heavy atom. The third-order valence-electron chi connectivity index (χ3n) is 5.34. The summed E-state index contributed by atoms with van der Waals surface area (Å²) >= 11 is 0. The number of anilines is 1. The fraction of sp³-hybridized carbons (Fsp3) is 0.588. The van der Waals surface area contributed by atoms with Gasteiger partial charge in [-0.2, -0.15) is 29.7 Å². The van der Waals surface area contributed by atoms with Gasteiger partial charge in [0.2, 0.25) is 5.95 Å². The predicted octanol–water partition coefficient (Wildman–Crippen LogP) is 3.02. The van der Waals surface area contributed by atoms with Crippen LogP contribution in [0.3, 0.4) is 0 Å². The van der Waals surface area contributed by atoms with Crippen LogP contribution >= 0.6 is 0 Å². The molecule has 2 fully saturated rings. The first-order chi connectivity index (χ1) is 12.8. The Balaban J connectivity index is 1.55. The van der Waals surface area contributed by atoms with Crippen molar-refractivity contribution in [3.8, 4) is 5.75 Å². The first-order valence-corrected chi connectivity index (χ1v) is 8.83. The van der Waals surface area contributed by atoms with E-state index in [0.717, 1.165) is 19.8 Å². The van der Waals surface area contributed by atoms with Crippen LogP contribution in [-0.4, -0.2) is 51.0 Å². The third kappa shape index (κ3) is 3.34. The van der Waals surface area contributed by atoms with Crippen molar-refractivity contribution in [1.29, 1.82) is 0 Å². The molecule has 0 spiro atoms. The summed E-state index contributed by atoms with van der Waals surface area (Å²) in [6, 6.07) is 3.19. The van der Waals surface area contributed by atoms with E-state index in [-0.39, 0.29) is 17.4 Å². The summed E-state index contributed by atoms with van der Waals surface area (Å²) < 4.78 is 44.9. The molecule has 7 nitrogen and oxygen atoms in total. The lowest BCUT2D eigenvalue weighted by Gasteiger charge is -2.32. The Bertz CT molecular complexity index is 862. The van der Waals surface area contributed by atoms with Gasteiger partial charge in [-0.05, 0) is 31.9 Å². The normalized spacial score (nSPS) is 26.0. The molecule has 2 aliphatic rings. The van der Waals surface area contributed by atoms with E-state index in [2.05, 4.69) is 20.4 Å². The monoisotopic (exact) mass is 380 g/mol. The highest BCUT2D eigenvalue weighted by atomic mass is 19.4. The number of nitrogens with one attached hydrogen (secondary N) is 1. The lowest BCUT2D eigenvalue weighted by molar-refractivity contribution is -0.189. The average Bonchev–Trinajstić information content (AvgIpc) is 3.12. The molecule has 1 N–H and O–H groups in total. The molecule has 4 atom stereocenters. The quantitative estimate of drug-likeness (QED) is 0.827. The highest BCUT2D eigenvalue weighted by Gasteiger charge is 2.44. The van der Waals surface area contributed by atoms with Crippen molar-refractivity contribution < 1.29 is 17.9 Å². The lowest BCUT2D eigenvalue weighted by atomic mass is 9.93. The zero-order valence-electron chi connectivity index (χ0n) is 14.6. The van der Waals surface area contributed by atoms with Gasteiger partial charge < -0.3 is 10.1 Å². The van der Waals surface area contributed by atoms with Gasteiger partial charge in [-0.1, -0.05) is 0 Å². The number of halogens is 3. The van der Waals surface area contributed by atoms with Crippen LogP contribution in [0.25, 0.3) is 10.6 Å². The summed E-state index contributed by atoms with van der Waals surface area (Å²) in [5.41, 5.74) is 0.238. The molecule has 1 aliphatic carbocycles. The maximum atomic E-state index is 12.8. The van der Waals surface area contributed by atoms with Crippen LogP contribution in [-0.2, 0) is 0 Å². The summed E-state index contributed by atoms with van der Waals surface area (Å²) in [6.45, 7) is 9.58. The summed E-state index contributed by atoms with van der Waals surface area (Å²) in [5.74, 6) is 1.08. The van der Waals surface area contributed by atoms with Gasteiger partial charge in [-0.15, -0.1) is 10.1 Å². The zero-order chi connectivity index (χ0) is 19.2. The van der Waals surface area contributed by atoms with Crippen molar-refractivity contribution >= 4 is 11.6 Å². The molecule has 2 aromatic rings. The highest BCUT2D eigenvalue weighted by molar-refractivity contribution is 5.56. The van der Waals surface area contributed by atoms with Crippen LogP contribution < -0.4 is 10.1 Å². The van der Waals surface area contributed by atoms with Gasteiger partial charge in [-0.3, -0.25) is 0 Å². The number of fused-ring (bicyclic) bond motifs is 3. The Morgan fingerprint density at radius 1 is 1.33 bits per heavy atom. The molecule has 0 aromatic carbocycles. The first kappa shape index (κ1) is 17.7. The maximum Gasteiger partial charge on any atom is 0.425 e. The Kier molecular flexibility index (Phi) is 4.25. The van der Waals surface area contributed by atoms with E-state index in [1.165, 1.54) is 10.6 Å². The van der Waals surface area contributed by atoms with Crippen molar-refractivity contribution in [3.63, 3.8) is 0 Å². The van der Waals surface area contributed by atoms with Gasteiger partial charge in [-0.25, -0.2) is 4.52 Å². The molecule has 1 saturated heterocycles. The molecule has 2 aromatic heterocycles. The maximum absolute atomic E-state index is 12.8. The smallest absolute Gasteiger partial charge is 0.425 e. The van der Waals surface area contributed by atoms with Crippen LogP contribution in [0, 0.1) is 18.4 Å². The van der Waals surface area contributed by atoms with E-state index in [1.807, 2.05) is 0 Å². The van der Waals surface area contributed by atoms with Gasteiger partial charge in [0.05, 0.1) is 13.1 Å². The molecule has 144 valence electrons. The van der Waals surface area contributed by atoms with E-state index in [1.54, 1.807) is 17.3 Å². The molecular formula is C17H19F3N6O. The van der Waals surface area contributed by atoms with E-state index in [0.29, 0.717) is 30.9 Å². The second-order valence-electron chi connectivity index (χ2n) is 7.12. The number of pyridine rings is 1. The molecule has 3 heterocycles. The molecule has 2 unspecified atom stereocenters. The fourth-order valence-electron chi connectivity index (χ4n) is 3.96. The van der Waals surface area contributed by atoms with Crippen molar-refractivity contribution in [2.24, 2.45) is 11.8 Å². The minimum Gasteiger partial charge on any atom is -0.477 e. The minimum absolute atomic E-state index is 0.0358. The molecular weight excluding hydrogens is 361 g/mol. The Hall–Kier alpha value is -2.70. The number of nitrogens with zero attached hydrogens (tertiary/aromatic N) is 5. The van der Waals surface area contributed by atoms with Gasteiger partial charge >= 0.3 is 6.18 Å². The van der Waals surface area contributed by atoms with Gasteiger partial charge in [0, 0.05) is 24.1 Å². The van der Waals surface area contributed by atoms with Crippen molar-refractivity contribution in [1.82, 2.24) is 19.6 Å². The average molecular weight is 380 g/mol. The van der Waals surface area contributed by atoms with Crippen LogP contribution in [0.1, 0.15) is 19.8 Å². The summed E-state index contributed by atoms with van der Waals surface area (Å²) in [4.78, 5) is 7.89. The topological polar surface area (TPSA) is 59.0 Å². The lowest BCUT2D eigenvalue weighted by Crippen LogP contribution is -2.45. The SMILES string of the molecule is [C-]#[N+]N1C[C@H]2CC[C@@H](C1)C2Nc1nc2c(OC(C)C(F)(F)F)cccn2n1. The van der Waals surface area contributed by atoms with E-state index in [4.69, 9.17) is 11.3 Å². The van der Waals surface area contributed by atoms with Crippen LogP contribution in [0.5, 0.6) is 5.75 Å². The second kappa shape index (κ2) is 6.48. The van der Waals surface area contributed by atoms with Gasteiger partial charge in [0.15, 0.2) is 17.5 Å². The van der Waals surface area contributed by atoms with Crippen LogP contribution in [0.4, 0.5) is 19.1 Å². The zero-order valence-corrected chi connectivity index (χ0v) is 14.6. The number of hydrogen-bond donors (Lipinski definition) is 1. The number of ether oxygens (including phenoxy) is 1. The van der Waals surface area contributed by atoms with E-state index < -0.39 is 12.3 Å². The summed E-state index contributed by atoms with van der Waals surface area (Å²) in [6.07, 6.45) is -2.69. The Morgan fingerprint density at radius 3 is 2.67 bits per heavy atom. The first-order valence-electron chi connectivity index (χ1n) is 8.83. The van der Waals surface area contributed by atoms with Crippen molar-refractivity contribution in [2.75, 3.05) is 18.4 Å². The largest absolute Gasteiger partial charge is 0.477 e. The number of rotatable bonds is 4. The summed E-state index contributed by atoms with van der Waals surface area (Å²) in [7, 11) is 0.